The molecule has 166 valence electrons. The van der Waals surface area contributed by atoms with Crippen LogP contribution >= 0.6 is 0 Å². The molecule has 0 atom stereocenters. The van der Waals surface area contributed by atoms with Gasteiger partial charge in [-0.3, -0.25) is 14.4 Å². The standard InChI is InChI=1S/C26H23N3O4/c1-16-8-4-6-10-21(16)29-25(31)23(20-9-5-7-11-22(20)33-3)24(26(29)32)28-19-14-12-18(13-15-19)27-17(2)30/h4-15,28H,1-3H3,(H,27,30). The van der Waals surface area contributed by atoms with Crippen LogP contribution in [-0.2, 0) is 14.4 Å². The van der Waals surface area contributed by atoms with Crippen LogP contribution in [0.2, 0.25) is 0 Å². The van der Waals surface area contributed by atoms with E-state index in [-0.39, 0.29) is 17.2 Å². The van der Waals surface area contributed by atoms with Crippen molar-refractivity contribution in [3.05, 3.63) is 89.6 Å². The van der Waals surface area contributed by atoms with Gasteiger partial charge in [-0.2, -0.15) is 0 Å². The highest BCUT2D eigenvalue weighted by Crippen LogP contribution is 2.38. The molecule has 0 spiro atoms. The average Bonchev–Trinajstić information content (AvgIpc) is 3.04. The van der Waals surface area contributed by atoms with E-state index in [9.17, 15) is 14.4 Å². The summed E-state index contributed by atoms with van der Waals surface area (Å²) in [7, 11) is 1.52. The molecule has 3 aromatic rings. The molecule has 0 fully saturated rings. The SMILES string of the molecule is COc1ccccc1C1=C(Nc2ccc(NC(C)=O)cc2)C(=O)N(c2ccccc2C)C1=O. The van der Waals surface area contributed by atoms with Crippen LogP contribution in [0.1, 0.15) is 18.1 Å². The molecule has 7 nitrogen and oxygen atoms in total. The summed E-state index contributed by atoms with van der Waals surface area (Å²) in [6, 6.07) is 21.2. The average molecular weight is 441 g/mol. The van der Waals surface area contributed by atoms with Crippen molar-refractivity contribution in [2.75, 3.05) is 22.6 Å². The molecule has 2 N–H and O–H groups in total. The lowest BCUT2D eigenvalue weighted by Gasteiger charge is -2.18. The fourth-order valence-corrected chi connectivity index (χ4v) is 3.76. The summed E-state index contributed by atoms with van der Waals surface area (Å²) >= 11 is 0. The topological polar surface area (TPSA) is 87.7 Å². The first-order chi connectivity index (χ1) is 15.9. The number of benzene rings is 3. The number of para-hydroxylation sites is 2. The van der Waals surface area contributed by atoms with E-state index >= 15 is 0 Å². The third-order valence-corrected chi connectivity index (χ3v) is 5.29. The van der Waals surface area contributed by atoms with Gasteiger partial charge in [-0.05, 0) is 48.9 Å². The number of carbonyl (C=O) groups excluding carboxylic acids is 3. The number of carbonyl (C=O) groups is 3. The Morgan fingerprint density at radius 2 is 1.48 bits per heavy atom. The summed E-state index contributed by atoms with van der Waals surface area (Å²) in [5.74, 6) is -0.583. The lowest BCUT2D eigenvalue weighted by Crippen LogP contribution is -2.33. The first kappa shape index (κ1) is 21.8. The van der Waals surface area contributed by atoms with Gasteiger partial charge in [-0.1, -0.05) is 36.4 Å². The van der Waals surface area contributed by atoms with E-state index in [1.165, 1.54) is 18.9 Å². The van der Waals surface area contributed by atoms with Gasteiger partial charge in [0.05, 0.1) is 18.4 Å². The van der Waals surface area contributed by atoms with Crippen LogP contribution in [0.5, 0.6) is 5.75 Å². The Morgan fingerprint density at radius 1 is 0.848 bits per heavy atom. The lowest BCUT2D eigenvalue weighted by molar-refractivity contribution is -0.120. The molecule has 1 heterocycles. The van der Waals surface area contributed by atoms with Gasteiger partial charge >= 0.3 is 0 Å². The Hall–Kier alpha value is -4.39. The summed E-state index contributed by atoms with van der Waals surface area (Å²) in [5.41, 5.74) is 3.46. The summed E-state index contributed by atoms with van der Waals surface area (Å²) in [6.07, 6.45) is 0. The third-order valence-electron chi connectivity index (χ3n) is 5.29. The van der Waals surface area contributed by atoms with Gasteiger partial charge in [0, 0.05) is 23.9 Å². The number of nitrogens with one attached hydrogen (secondary N) is 2. The van der Waals surface area contributed by atoms with E-state index in [4.69, 9.17) is 4.74 Å². The van der Waals surface area contributed by atoms with Gasteiger partial charge in [0.15, 0.2) is 0 Å². The lowest BCUT2D eigenvalue weighted by atomic mass is 10.0. The quantitative estimate of drug-likeness (QED) is 0.555. The predicted octanol–water partition coefficient (Wildman–Crippen LogP) is 4.36. The van der Waals surface area contributed by atoms with Crippen molar-refractivity contribution in [3.8, 4) is 5.75 Å². The van der Waals surface area contributed by atoms with Gasteiger partial charge in [-0.15, -0.1) is 0 Å². The zero-order valence-electron chi connectivity index (χ0n) is 18.5. The molecule has 0 unspecified atom stereocenters. The van der Waals surface area contributed by atoms with E-state index in [0.29, 0.717) is 28.4 Å². The molecule has 0 saturated carbocycles. The Balaban J connectivity index is 1.80. The number of hydrogen-bond donors (Lipinski definition) is 2. The van der Waals surface area contributed by atoms with Gasteiger partial charge in [0.1, 0.15) is 11.4 Å². The largest absolute Gasteiger partial charge is 0.496 e. The van der Waals surface area contributed by atoms with Crippen molar-refractivity contribution in [3.63, 3.8) is 0 Å². The van der Waals surface area contributed by atoms with Gasteiger partial charge in [-0.25, -0.2) is 4.90 Å². The van der Waals surface area contributed by atoms with Crippen molar-refractivity contribution in [1.82, 2.24) is 0 Å². The Kier molecular flexibility index (Phi) is 5.95. The zero-order chi connectivity index (χ0) is 23.5. The zero-order valence-corrected chi connectivity index (χ0v) is 18.5. The summed E-state index contributed by atoms with van der Waals surface area (Å²) in [4.78, 5) is 39.6. The number of hydrogen-bond acceptors (Lipinski definition) is 5. The molecule has 0 bridgehead atoms. The van der Waals surface area contributed by atoms with E-state index in [1.807, 2.05) is 19.1 Å². The highest BCUT2D eigenvalue weighted by atomic mass is 16.5. The molecule has 3 amide bonds. The molecule has 0 aliphatic carbocycles. The number of amides is 3. The van der Waals surface area contributed by atoms with E-state index < -0.39 is 11.8 Å². The molecule has 3 aromatic carbocycles. The number of aryl methyl sites for hydroxylation is 1. The van der Waals surface area contributed by atoms with Gasteiger partial charge in [0.2, 0.25) is 5.91 Å². The number of ether oxygens (including phenoxy) is 1. The minimum Gasteiger partial charge on any atom is -0.496 e. The van der Waals surface area contributed by atoms with Crippen LogP contribution in [0.15, 0.2) is 78.5 Å². The summed E-state index contributed by atoms with van der Waals surface area (Å²) < 4.78 is 5.47. The third kappa shape index (κ3) is 4.21. The molecule has 7 heteroatoms. The number of anilines is 3. The Morgan fingerprint density at radius 3 is 2.15 bits per heavy atom. The Bertz CT molecular complexity index is 1280. The fourth-order valence-electron chi connectivity index (χ4n) is 3.76. The normalized spacial score (nSPS) is 13.4. The Labute approximate surface area is 191 Å². The number of rotatable bonds is 6. The second-order valence-electron chi connectivity index (χ2n) is 7.57. The molecule has 4 rings (SSSR count). The monoisotopic (exact) mass is 441 g/mol. The van der Waals surface area contributed by atoms with Crippen molar-refractivity contribution in [2.45, 2.75) is 13.8 Å². The smallest absolute Gasteiger partial charge is 0.282 e. The second-order valence-corrected chi connectivity index (χ2v) is 7.57. The molecule has 33 heavy (non-hydrogen) atoms. The van der Waals surface area contributed by atoms with Crippen molar-refractivity contribution in [1.29, 1.82) is 0 Å². The van der Waals surface area contributed by atoms with Crippen LogP contribution < -0.4 is 20.3 Å². The van der Waals surface area contributed by atoms with Crippen molar-refractivity contribution < 1.29 is 19.1 Å². The van der Waals surface area contributed by atoms with Crippen molar-refractivity contribution in [2.24, 2.45) is 0 Å². The van der Waals surface area contributed by atoms with E-state index in [2.05, 4.69) is 10.6 Å². The molecule has 1 aliphatic rings. The maximum Gasteiger partial charge on any atom is 0.282 e. The van der Waals surface area contributed by atoms with Crippen LogP contribution in [0, 0.1) is 6.92 Å². The molecule has 1 aliphatic heterocycles. The van der Waals surface area contributed by atoms with Crippen LogP contribution in [0.25, 0.3) is 5.57 Å². The summed E-state index contributed by atoms with van der Waals surface area (Å²) in [5, 5.41) is 5.82. The number of imide groups is 1. The highest BCUT2D eigenvalue weighted by molar-refractivity contribution is 6.46. The second kappa shape index (κ2) is 9.00. The molecule has 0 radical (unpaired) electrons. The molecular formula is C26H23N3O4. The maximum absolute atomic E-state index is 13.6. The molecule has 0 saturated heterocycles. The molecular weight excluding hydrogens is 418 g/mol. The fraction of sp³-hybridized carbons (Fsp3) is 0.115. The molecule has 0 aromatic heterocycles. The summed E-state index contributed by atoms with van der Waals surface area (Å²) in [6.45, 7) is 3.28. The van der Waals surface area contributed by atoms with Gasteiger partial charge in [0.25, 0.3) is 11.8 Å². The first-order valence-corrected chi connectivity index (χ1v) is 10.4. The van der Waals surface area contributed by atoms with Gasteiger partial charge < -0.3 is 15.4 Å². The van der Waals surface area contributed by atoms with E-state index in [0.717, 1.165) is 5.56 Å². The van der Waals surface area contributed by atoms with Crippen LogP contribution in [-0.4, -0.2) is 24.8 Å². The minimum atomic E-state index is -0.457. The van der Waals surface area contributed by atoms with Crippen LogP contribution in [0.3, 0.4) is 0 Å². The first-order valence-electron chi connectivity index (χ1n) is 10.4. The van der Waals surface area contributed by atoms with E-state index in [1.54, 1.807) is 60.7 Å². The highest BCUT2D eigenvalue weighted by Gasteiger charge is 2.41. The number of nitrogens with zero attached hydrogens (tertiary/aromatic N) is 1. The maximum atomic E-state index is 13.6. The minimum absolute atomic E-state index is 0.153. The van der Waals surface area contributed by atoms with Crippen molar-refractivity contribution >= 4 is 40.4 Å². The van der Waals surface area contributed by atoms with Crippen LogP contribution in [0.4, 0.5) is 17.1 Å². The predicted molar refractivity (Wildman–Crippen MR) is 128 cm³/mol. The number of methoxy groups -OCH3 is 1.